The third-order valence-corrected chi connectivity index (χ3v) is 3.78. The van der Waals surface area contributed by atoms with Crippen molar-refractivity contribution in [3.8, 4) is 0 Å². The molecule has 0 aliphatic heterocycles. The van der Waals surface area contributed by atoms with E-state index >= 15 is 0 Å². The van der Waals surface area contributed by atoms with Gasteiger partial charge in [0, 0.05) is 5.92 Å². The lowest BCUT2D eigenvalue weighted by molar-refractivity contribution is -0.313. The fourth-order valence-electron chi connectivity index (χ4n) is 3.21. The zero-order valence-corrected chi connectivity index (χ0v) is 8.00. The first-order valence-electron chi connectivity index (χ1n) is 4.91. The van der Waals surface area contributed by atoms with E-state index in [1.807, 2.05) is 0 Å². The fourth-order valence-corrected chi connectivity index (χ4v) is 3.21. The molecule has 2 aliphatic carbocycles. The van der Waals surface area contributed by atoms with Crippen LogP contribution in [0.3, 0.4) is 0 Å². The van der Waals surface area contributed by atoms with E-state index < -0.39 is 35.8 Å². The summed E-state index contributed by atoms with van der Waals surface area (Å²) < 4.78 is 88.9. The van der Waals surface area contributed by atoms with E-state index in [1.54, 1.807) is 0 Å². The summed E-state index contributed by atoms with van der Waals surface area (Å²) in [4.78, 5) is 0. The molecular formula is C9H9F7. The first kappa shape index (κ1) is 12.0. The Balaban J connectivity index is 2.43. The van der Waals surface area contributed by atoms with Gasteiger partial charge in [0.1, 0.15) is 5.92 Å². The predicted molar refractivity (Wildman–Crippen MR) is 40.3 cm³/mol. The van der Waals surface area contributed by atoms with Crippen LogP contribution in [0.25, 0.3) is 0 Å². The van der Waals surface area contributed by atoms with Gasteiger partial charge in [-0.1, -0.05) is 0 Å². The van der Waals surface area contributed by atoms with Crippen LogP contribution in [0, 0.1) is 17.8 Å². The van der Waals surface area contributed by atoms with Gasteiger partial charge < -0.3 is 0 Å². The third kappa shape index (κ3) is 1.35. The van der Waals surface area contributed by atoms with Gasteiger partial charge in [-0.05, 0) is 25.2 Å². The van der Waals surface area contributed by atoms with E-state index in [-0.39, 0.29) is 19.3 Å². The topological polar surface area (TPSA) is 0 Å². The number of halogens is 7. The summed E-state index contributed by atoms with van der Waals surface area (Å²) in [7, 11) is 0. The minimum Gasteiger partial charge on any atom is -0.233 e. The molecule has 0 unspecified atom stereocenters. The minimum absolute atomic E-state index is 0.0383. The molecule has 94 valence electrons. The van der Waals surface area contributed by atoms with Crippen molar-refractivity contribution in [3.05, 3.63) is 0 Å². The molecule has 16 heavy (non-hydrogen) atoms. The third-order valence-electron chi connectivity index (χ3n) is 3.78. The van der Waals surface area contributed by atoms with Gasteiger partial charge in [-0.15, -0.1) is 0 Å². The Morgan fingerprint density at radius 1 is 0.938 bits per heavy atom. The average Bonchev–Trinajstić information content (AvgIpc) is 2.57. The van der Waals surface area contributed by atoms with Crippen LogP contribution in [-0.4, -0.2) is 18.0 Å². The van der Waals surface area contributed by atoms with Crippen molar-refractivity contribution in [2.45, 2.75) is 37.3 Å². The highest BCUT2D eigenvalue weighted by Crippen LogP contribution is 2.65. The highest BCUT2D eigenvalue weighted by Gasteiger charge is 2.77. The highest BCUT2D eigenvalue weighted by molar-refractivity contribution is 5.13. The zero-order chi connectivity index (χ0) is 12.4. The van der Waals surface area contributed by atoms with Crippen LogP contribution in [0.2, 0.25) is 0 Å². The number of fused-ring (bicyclic) bond motifs is 2. The quantitative estimate of drug-likeness (QED) is 0.572. The molecule has 2 aliphatic rings. The van der Waals surface area contributed by atoms with Gasteiger partial charge in [-0.2, -0.15) is 26.3 Å². The van der Waals surface area contributed by atoms with Gasteiger partial charge in [-0.25, -0.2) is 4.39 Å². The summed E-state index contributed by atoms with van der Waals surface area (Å²) >= 11 is 0. The van der Waals surface area contributed by atoms with Gasteiger partial charge in [-0.3, -0.25) is 0 Å². The van der Waals surface area contributed by atoms with Crippen LogP contribution in [0.4, 0.5) is 30.7 Å². The summed E-state index contributed by atoms with van der Waals surface area (Å²) in [6.45, 7) is 0. The second-order valence-corrected chi connectivity index (χ2v) is 4.56. The van der Waals surface area contributed by atoms with Crippen molar-refractivity contribution in [1.82, 2.24) is 0 Å². The van der Waals surface area contributed by atoms with Crippen LogP contribution in [0.1, 0.15) is 19.3 Å². The summed E-state index contributed by atoms with van der Waals surface area (Å²) in [6, 6.07) is 0. The van der Waals surface area contributed by atoms with Gasteiger partial charge in [0.05, 0.1) is 0 Å². The Hall–Kier alpha value is -0.490. The second-order valence-electron chi connectivity index (χ2n) is 4.56. The van der Waals surface area contributed by atoms with Crippen molar-refractivity contribution in [1.29, 1.82) is 0 Å². The van der Waals surface area contributed by atoms with Crippen LogP contribution >= 0.6 is 0 Å². The Morgan fingerprint density at radius 3 is 1.88 bits per heavy atom. The number of hydrogen-bond acceptors (Lipinski definition) is 0. The van der Waals surface area contributed by atoms with Crippen molar-refractivity contribution in [2.75, 3.05) is 0 Å². The molecule has 2 saturated carbocycles. The Bertz CT molecular complexity index is 291. The van der Waals surface area contributed by atoms with Crippen molar-refractivity contribution < 1.29 is 30.7 Å². The van der Waals surface area contributed by atoms with Crippen molar-refractivity contribution in [3.63, 3.8) is 0 Å². The Kier molecular flexibility index (Phi) is 2.28. The van der Waals surface area contributed by atoms with Gasteiger partial charge >= 0.3 is 12.4 Å². The van der Waals surface area contributed by atoms with Crippen LogP contribution in [0.15, 0.2) is 0 Å². The SMILES string of the molecule is FC(F)(F)[C@@H]1[C@@H]2CC[C@@H](C2)[C@@]1(F)C(F)(F)F. The molecule has 0 aromatic rings. The second kappa shape index (κ2) is 3.04. The minimum atomic E-state index is -5.44. The monoisotopic (exact) mass is 250 g/mol. The molecule has 0 nitrogen and oxygen atoms in total. The van der Waals surface area contributed by atoms with Crippen molar-refractivity contribution >= 4 is 0 Å². The van der Waals surface area contributed by atoms with E-state index in [9.17, 15) is 30.7 Å². The normalized spacial score (nSPS) is 44.1. The largest absolute Gasteiger partial charge is 0.423 e. The predicted octanol–water partition coefficient (Wildman–Crippen LogP) is 3.87. The maximum atomic E-state index is 13.8. The molecular weight excluding hydrogens is 241 g/mol. The molecule has 0 aromatic heterocycles. The molecule has 0 heterocycles. The zero-order valence-electron chi connectivity index (χ0n) is 8.00. The number of alkyl halides is 7. The van der Waals surface area contributed by atoms with Crippen LogP contribution < -0.4 is 0 Å². The van der Waals surface area contributed by atoms with Crippen LogP contribution in [-0.2, 0) is 0 Å². The molecule has 0 aromatic carbocycles. The van der Waals surface area contributed by atoms with Crippen molar-refractivity contribution in [2.24, 2.45) is 17.8 Å². The maximum absolute atomic E-state index is 13.8. The highest BCUT2D eigenvalue weighted by atomic mass is 19.4. The lowest BCUT2D eigenvalue weighted by Crippen LogP contribution is -2.56. The van der Waals surface area contributed by atoms with Gasteiger partial charge in [0.15, 0.2) is 0 Å². The molecule has 0 saturated heterocycles. The van der Waals surface area contributed by atoms with Gasteiger partial charge in [0.2, 0.25) is 5.67 Å². The molecule has 2 bridgehead atoms. The molecule has 0 N–H and O–H groups in total. The lowest BCUT2D eigenvalue weighted by Gasteiger charge is -2.39. The first-order chi connectivity index (χ1) is 7.08. The summed E-state index contributed by atoms with van der Waals surface area (Å²) in [5.74, 6) is -5.61. The molecule has 2 rings (SSSR count). The van der Waals surface area contributed by atoms with E-state index in [2.05, 4.69) is 0 Å². The molecule has 7 heteroatoms. The van der Waals surface area contributed by atoms with E-state index in [1.165, 1.54) is 0 Å². The summed E-state index contributed by atoms with van der Waals surface area (Å²) in [5, 5.41) is 0. The Labute approximate surface area is 86.8 Å². The maximum Gasteiger partial charge on any atom is 0.423 e. The van der Waals surface area contributed by atoms with E-state index in [0.717, 1.165) is 0 Å². The molecule has 2 fully saturated rings. The molecule has 4 atom stereocenters. The number of hydrogen-bond donors (Lipinski definition) is 0. The van der Waals surface area contributed by atoms with Crippen LogP contribution in [0.5, 0.6) is 0 Å². The first-order valence-corrected chi connectivity index (χ1v) is 4.91. The standard InChI is InChI=1S/C9H9F7/c10-7(9(14,15)16)5-2-1-4(3-5)6(7)8(11,12)13/h4-6H,1-3H2/t4-,5+,6-,7+/m1/s1. The lowest BCUT2D eigenvalue weighted by atomic mass is 9.76. The fraction of sp³-hybridized carbons (Fsp3) is 1.00. The van der Waals surface area contributed by atoms with E-state index in [4.69, 9.17) is 0 Å². The Morgan fingerprint density at radius 2 is 1.50 bits per heavy atom. The molecule has 0 spiro atoms. The van der Waals surface area contributed by atoms with E-state index in [0.29, 0.717) is 0 Å². The summed E-state index contributed by atoms with van der Waals surface area (Å²) in [5.41, 5.74) is -4.08. The smallest absolute Gasteiger partial charge is 0.233 e. The average molecular weight is 250 g/mol. The van der Waals surface area contributed by atoms with Gasteiger partial charge in [0.25, 0.3) is 0 Å². The number of rotatable bonds is 0. The summed E-state index contributed by atoms with van der Waals surface area (Å²) in [6.07, 6.45) is -10.9. The molecule has 0 amide bonds. The molecule has 0 radical (unpaired) electrons.